The van der Waals surface area contributed by atoms with E-state index in [1.807, 2.05) is 12.1 Å². The summed E-state index contributed by atoms with van der Waals surface area (Å²) in [4.78, 5) is 5.11. The van der Waals surface area contributed by atoms with Crippen molar-refractivity contribution in [1.29, 1.82) is 0 Å². The number of ether oxygens (including phenoxy) is 2. The minimum atomic E-state index is -0.0140. The van der Waals surface area contributed by atoms with Crippen molar-refractivity contribution in [2.75, 3.05) is 14.2 Å². The smallest absolute Gasteiger partial charge is 0.162 e. The average molecular weight is 395 g/mol. The van der Waals surface area contributed by atoms with Gasteiger partial charge in [0.25, 0.3) is 0 Å². The SMILES string of the molecule is COc1ccc(OC)c(C2N=C(SCc3ccccc3)NC3=C2CCCC3)c1. The molecule has 2 aromatic carbocycles. The maximum atomic E-state index is 5.67. The third-order valence-corrected chi connectivity index (χ3v) is 6.25. The van der Waals surface area contributed by atoms with Crippen LogP contribution < -0.4 is 14.8 Å². The second-order valence-corrected chi connectivity index (χ2v) is 8.02. The fraction of sp³-hybridized carbons (Fsp3) is 0.348. The highest BCUT2D eigenvalue weighted by molar-refractivity contribution is 8.13. The molecule has 4 rings (SSSR count). The van der Waals surface area contributed by atoms with Gasteiger partial charge in [-0.25, -0.2) is 4.99 Å². The molecule has 1 aliphatic carbocycles. The van der Waals surface area contributed by atoms with Gasteiger partial charge < -0.3 is 14.8 Å². The largest absolute Gasteiger partial charge is 0.497 e. The van der Waals surface area contributed by atoms with E-state index < -0.39 is 0 Å². The molecule has 4 nitrogen and oxygen atoms in total. The summed E-state index contributed by atoms with van der Waals surface area (Å²) in [5, 5.41) is 4.60. The van der Waals surface area contributed by atoms with Gasteiger partial charge in [0, 0.05) is 17.0 Å². The molecule has 1 atom stereocenters. The Bertz CT molecular complexity index is 893. The Kier molecular flexibility index (Phi) is 5.91. The molecular weight excluding hydrogens is 368 g/mol. The van der Waals surface area contributed by atoms with Gasteiger partial charge in [0.2, 0.25) is 0 Å². The number of nitrogens with zero attached hydrogens (tertiary/aromatic N) is 1. The van der Waals surface area contributed by atoms with E-state index in [4.69, 9.17) is 14.5 Å². The number of thioether (sulfide) groups is 1. The number of allylic oxidation sites excluding steroid dienone is 1. The maximum absolute atomic E-state index is 5.67. The Morgan fingerprint density at radius 2 is 1.86 bits per heavy atom. The topological polar surface area (TPSA) is 42.9 Å². The summed E-state index contributed by atoms with van der Waals surface area (Å²) in [6.45, 7) is 0. The molecule has 1 N–H and O–H groups in total. The van der Waals surface area contributed by atoms with Crippen LogP contribution in [0.3, 0.4) is 0 Å². The number of benzene rings is 2. The highest BCUT2D eigenvalue weighted by Crippen LogP contribution is 2.43. The van der Waals surface area contributed by atoms with Crippen molar-refractivity contribution in [3.63, 3.8) is 0 Å². The second-order valence-electron chi connectivity index (χ2n) is 7.05. The number of aliphatic imine (C=N–C) groups is 1. The minimum absolute atomic E-state index is 0.0140. The molecule has 0 fully saturated rings. The fourth-order valence-corrected chi connectivity index (χ4v) is 4.71. The van der Waals surface area contributed by atoms with E-state index in [0.29, 0.717) is 0 Å². The van der Waals surface area contributed by atoms with Crippen LogP contribution in [0.5, 0.6) is 11.5 Å². The van der Waals surface area contributed by atoms with Gasteiger partial charge in [-0.05, 0) is 55.0 Å². The Hall–Kier alpha value is -2.40. The van der Waals surface area contributed by atoms with Gasteiger partial charge in [0.15, 0.2) is 5.17 Å². The highest BCUT2D eigenvalue weighted by atomic mass is 32.2. The molecule has 0 radical (unpaired) electrons. The van der Waals surface area contributed by atoms with Crippen LogP contribution in [0.15, 0.2) is 64.8 Å². The molecule has 28 heavy (non-hydrogen) atoms. The zero-order valence-corrected chi connectivity index (χ0v) is 17.2. The van der Waals surface area contributed by atoms with Crippen molar-refractivity contribution in [3.05, 3.63) is 70.9 Å². The van der Waals surface area contributed by atoms with Crippen molar-refractivity contribution < 1.29 is 9.47 Å². The predicted octanol–water partition coefficient (Wildman–Crippen LogP) is 5.47. The molecule has 5 heteroatoms. The standard InChI is InChI=1S/C23H26N2O2S/c1-26-17-12-13-21(27-2)19(14-17)22-18-10-6-7-11-20(18)24-23(25-22)28-15-16-8-4-3-5-9-16/h3-5,8-9,12-14,22H,6-7,10-11,15H2,1-2H3,(H,24,25). The van der Waals surface area contributed by atoms with Gasteiger partial charge in [0.1, 0.15) is 17.5 Å². The lowest BCUT2D eigenvalue weighted by Crippen LogP contribution is -2.30. The van der Waals surface area contributed by atoms with E-state index in [2.05, 4.69) is 41.7 Å². The average Bonchev–Trinajstić information content (AvgIpc) is 2.77. The Labute approximate surface area is 171 Å². The first-order valence-electron chi connectivity index (χ1n) is 9.74. The van der Waals surface area contributed by atoms with E-state index in [0.717, 1.165) is 40.8 Å². The van der Waals surface area contributed by atoms with Gasteiger partial charge in [-0.3, -0.25) is 0 Å². The molecule has 146 valence electrons. The van der Waals surface area contributed by atoms with Crippen molar-refractivity contribution in [2.45, 2.75) is 37.5 Å². The molecule has 0 spiro atoms. The van der Waals surface area contributed by atoms with Crippen LogP contribution in [0.4, 0.5) is 0 Å². The molecule has 1 unspecified atom stereocenters. The zero-order valence-electron chi connectivity index (χ0n) is 16.4. The summed E-state index contributed by atoms with van der Waals surface area (Å²) in [6, 6.07) is 16.5. The van der Waals surface area contributed by atoms with Crippen LogP contribution in [0, 0.1) is 0 Å². The molecule has 0 saturated carbocycles. The number of methoxy groups -OCH3 is 2. The molecule has 2 aromatic rings. The van der Waals surface area contributed by atoms with Gasteiger partial charge in [0.05, 0.1) is 14.2 Å². The lowest BCUT2D eigenvalue weighted by atomic mass is 9.86. The van der Waals surface area contributed by atoms with Crippen molar-refractivity contribution in [1.82, 2.24) is 5.32 Å². The van der Waals surface area contributed by atoms with Crippen LogP contribution in [0.2, 0.25) is 0 Å². The third-order valence-electron chi connectivity index (χ3n) is 5.29. The number of rotatable bonds is 5. The lowest BCUT2D eigenvalue weighted by molar-refractivity contribution is 0.396. The normalized spacial score (nSPS) is 18.8. The predicted molar refractivity (Wildman–Crippen MR) is 116 cm³/mol. The molecular formula is C23H26N2O2S. The van der Waals surface area contributed by atoms with Gasteiger partial charge in [-0.15, -0.1) is 0 Å². The van der Waals surface area contributed by atoms with Crippen LogP contribution in [-0.4, -0.2) is 19.4 Å². The van der Waals surface area contributed by atoms with Crippen LogP contribution in [0.1, 0.15) is 42.9 Å². The summed E-state index contributed by atoms with van der Waals surface area (Å²) in [5.74, 6) is 2.60. The van der Waals surface area contributed by atoms with Crippen LogP contribution in [0.25, 0.3) is 0 Å². The Balaban J connectivity index is 1.66. The minimum Gasteiger partial charge on any atom is -0.497 e. The molecule has 0 aromatic heterocycles. The second kappa shape index (κ2) is 8.74. The Morgan fingerprint density at radius 1 is 1.04 bits per heavy atom. The van der Waals surface area contributed by atoms with E-state index in [1.165, 1.54) is 29.7 Å². The molecule has 2 aliphatic rings. The number of hydrogen-bond acceptors (Lipinski definition) is 5. The van der Waals surface area contributed by atoms with Crippen molar-refractivity contribution in [2.24, 2.45) is 4.99 Å². The molecule has 1 heterocycles. The zero-order chi connectivity index (χ0) is 19.3. The van der Waals surface area contributed by atoms with E-state index in [-0.39, 0.29) is 6.04 Å². The van der Waals surface area contributed by atoms with E-state index in [1.54, 1.807) is 26.0 Å². The van der Waals surface area contributed by atoms with Gasteiger partial charge >= 0.3 is 0 Å². The first kappa shape index (κ1) is 18.9. The Morgan fingerprint density at radius 3 is 2.64 bits per heavy atom. The summed E-state index contributed by atoms with van der Waals surface area (Å²) < 4.78 is 11.1. The van der Waals surface area contributed by atoms with E-state index in [9.17, 15) is 0 Å². The summed E-state index contributed by atoms with van der Waals surface area (Å²) >= 11 is 1.76. The number of amidine groups is 1. The molecule has 0 amide bonds. The lowest BCUT2D eigenvalue weighted by Gasteiger charge is -2.32. The van der Waals surface area contributed by atoms with Gasteiger partial charge in [-0.2, -0.15) is 0 Å². The summed E-state index contributed by atoms with van der Waals surface area (Å²) in [7, 11) is 3.42. The van der Waals surface area contributed by atoms with Crippen LogP contribution >= 0.6 is 11.8 Å². The summed E-state index contributed by atoms with van der Waals surface area (Å²) in [6.07, 6.45) is 4.60. The fourth-order valence-electron chi connectivity index (χ4n) is 3.84. The first-order chi connectivity index (χ1) is 13.8. The van der Waals surface area contributed by atoms with Gasteiger partial charge in [-0.1, -0.05) is 42.1 Å². The third kappa shape index (κ3) is 4.04. The monoisotopic (exact) mass is 394 g/mol. The molecule has 0 saturated heterocycles. The maximum Gasteiger partial charge on any atom is 0.162 e. The quantitative estimate of drug-likeness (QED) is 0.731. The number of nitrogens with one attached hydrogen (secondary N) is 1. The van der Waals surface area contributed by atoms with Crippen molar-refractivity contribution in [3.8, 4) is 11.5 Å². The molecule has 0 bridgehead atoms. The number of hydrogen-bond donors (Lipinski definition) is 1. The molecule has 1 aliphatic heterocycles. The van der Waals surface area contributed by atoms with Crippen LogP contribution in [-0.2, 0) is 5.75 Å². The first-order valence-corrected chi connectivity index (χ1v) is 10.7. The van der Waals surface area contributed by atoms with E-state index >= 15 is 0 Å². The summed E-state index contributed by atoms with van der Waals surface area (Å²) in [5.41, 5.74) is 5.11. The van der Waals surface area contributed by atoms with Crippen molar-refractivity contribution >= 4 is 16.9 Å². The highest BCUT2D eigenvalue weighted by Gasteiger charge is 2.29.